The molecule has 2 unspecified atom stereocenters. The molecule has 80 valence electrons. The van der Waals surface area contributed by atoms with E-state index in [9.17, 15) is 4.79 Å². The van der Waals surface area contributed by atoms with Crippen molar-refractivity contribution in [3.05, 3.63) is 35.9 Å². The van der Waals surface area contributed by atoms with Crippen molar-refractivity contribution in [2.75, 3.05) is 0 Å². The molecule has 0 spiro atoms. The van der Waals surface area contributed by atoms with Gasteiger partial charge in [0.2, 0.25) is 0 Å². The van der Waals surface area contributed by atoms with Crippen LogP contribution in [0, 0.1) is 0 Å². The number of Topliss-reactive ketones (excluding diaryl/α,β-unsaturated/α-hetero) is 1. The smallest absolute Gasteiger partial charge is 0.147 e. The minimum Gasteiger partial charge on any atom is -0.298 e. The molecule has 1 aromatic carbocycles. The molecule has 15 heavy (non-hydrogen) atoms. The molecule has 0 aliphatic heterocycles. The first-order valence-electron chi connectivity index (χ1n) is 5.49. The van der Waals surface area contributed by atoms with Crippen molar-refractivity contribution in [3.8, 4) is 0 Å². The largest absolute Gasteiger partial charge is 0.298 e. The van der Waals surface area contributed by atoms with Gasteiger partial charge in [-0.2, -0.15) is 0 Å². The molecule has 0 saturated heterocycles. The van der Waals surface area contributed by atoms with Crippen LogP contribution in [0.4, 0.5) is 0 Å². The summed E-state index contributed by atoms with van der Waals surface area (Å²) in [7, 11) is 0. The van der Waals surface area contributed by atoms with Crippen molar-refractivity contribution in [3.63, 3.8) is 0 Å². The quantitative estimate of drug-likeness (QED) is 0.560. The average Bonchev–Trinajstić information content (AvgIpc) is 2.43. The number of ketones is 1. The highest BCUT2D eigenvalue weighted by molar-refractivity contribution is 9.10. The summed E-state index contributed by atoms with van der Waals surface area (Å²) < 4.78 is 0. The highest BCUT2D eigenvalue weighted by Gasteiger charge is 2.24. The van der Waals surface area contributed by atoms with Crippen molar-refractivity contribution < 1.29 is 4.79 Å². The number of carbonyl (C=O) groups is 1. The lowest BCUT2D eigenvalue weighted by molar-refractivity contribution is -0.118. The molecular formula is C13H15BrO. The summed E-state index contributed by atoms with van der Waals surface area (Å²) in [6.45, 7) is 0. The fourth-order valence-corrected chi connectivity index (χ4v) is 2.70. The number of hydrogen-bond donors (Lipinski definition) is 0. The molecule has 1 aliphatic carbocycles. The minimum absolute atomic E-state index is 0.0891. The summed E-state index contributed by atoms with van der Waals surface area (Å²) in [4.78, 5) is 11.8. The maximum absolute atomic E-state index is 11.8. The molecule has 2 rings (SSSR count). The molecule has 0 heterocycles. The summed E-state index contributed by atoms with van der Waals surface area (Å²) >= 11 is 3.45. The Morgan fingerprint density at radius 1 is 1.13 bits per heavy atom. The number of carbonyl (C=O) groups excluding carboxylic acids is 1. The van der Waals surface area contributed by atoms with E-state index in [1.54, 1.807) is 0 Å². The third-order valence-electron chi connectivity index (χ3n) is 3.08. The predicted octanol–water partition coefficient (Wildman–Crippen LogP) is 3.68. The topological polar surface area (TPSA) is 17.1 Å². The van der Waals surface area contributed by atoms with Gasteiger partial charge in [-0.15, -0.1) is 0 Å². The zero-order chi connectivity index (χ0) is 10.7. The van der Waals surface area contributed by atoms with E-state index in [2.05, 4.69) is 40.2 Å². The molecule has 0 N–H and O–H groups in total. The third-order valence-corrected chi connectivity index (χ3v) is 4.05. The van der Waals surface area contributed by atoms with E-state index in [-0.39, 0.29) is 4.83 Å². The minimum atomic E-state index is 0.0891. The third kappa shape index (κ3) is 2.69. The van der Waals surface area contributed by atoms with Gasteiger partial charge in [-0.05, 0) is 24.3 Å². The molecule has 0 amide bonds. The molecule has 1 saturated carbocycles. The van der Waals surface area contributed by atoms with Crippen LogP contribution in [0.25, 0.3) is 0 Å². The van der Waals surface area contributed by atoms with Crippen molar-refractivity contribution in [1.82, 2.24) is 0 Å². The van der Waals surface area contributed by atoms with E-state index in [0.717, 1.165) is 19.3 Å². The van der Waals surface area contributed by atoms with Crippen LogP contribution in [-0.2, 0) is 4.79 Å². The first-order chi connectivity index (χ1) is 7.27. The number of hydrogen-bond acceptors (Lipinski definition) is 1. The SMILES string of the molecule is O=C1CC(c2ccccc2)CCCC1Br. The number of rotatable bonds is 1. The van der Waals surface area contributed by atoms with E-state index < -0.39 is 0 Å². The number of alkyl halides is 1. The lowest BCUT2D eigenvalue weighted by atomic mass is 9.92. The van der Waals surface area contributed by atoms with Gasteiger partial charge in [0.05, 0.1) is 4.83 Å². The lowest BCUT2D eigenvalue weighted by Gasteiger charge is -2.13. The highest BCUT2D eigenvalue weighted by Crippen LogP contribution is 2.31. The second kappa shape index (κ2) is 4.93. The number of halogens is 1. The van der Waals surface area contributed by atoms with Crippen LogP contribution in [0.5, 0.6) is 0 Å². The van der Waals surface area contributed by atoms with Gasteiger partial charge in [-0.3, -0.25) is 4.79 Å². The summed E-state index contributed by atoms with van der Waals surface area (Å²) in [6.07, 6.45) is 3.96. The summed E-state index contributed by atoms with van der Waals surface area (Å²) in [6, 6.07) is 10.4. The van der Waals surface area contributed by atoms with Gasteiger partial charge in [-0.1, -0.05) is 52.7 Å². The molecule has 0 bridgehead atoms. The van der Waals surface area contributed by atoms with Gasteiger partial charge < -0.3 is 0 Å². The van der Waals surface area contributed by atoms with Crippen LogP contribution in [0.15, 0.2) is 30.3 Å². The molecule has 0 aromatic heterocycles. The van der Waals surface area contributed by atoms with Crippen molar-refractivity contribution >= 4 is 21.7 Å². The van der Waals surface area contributed by atoms with Gasteiger partial charge >= 0.3 is 0 Å². The van der Waals surface area contributed by atoms with Crippen LogP contribution in [0.2, 0.25) is 0 Å². The molecule has 1 aromatic rings. The Morgan fingerprint density at radius 3 is 2.60 bits per heavy atom. The van der Waals surface area contributed by atoms with E-state index in [1.165, 1.54) is 5.56 Å². The lowest BCUT2D eigenvalue weighted by Crippen LogP contribution is -2.13. The molecule has 0 radical (unpaired) electrons. The Bertz CT molecular complexity index is 334. The van der Waals surface area contributed by atoms with Crippen molar-refractivity contribution in [1.29, 1.82) is 0 Å². The summed E-state index contributed by atoms with van der Waals surface area (Å²) in [5, 5.41) is 0. The Labute approximate surface area is 99.0 Å². The summed E-state index contributed by atoms with van der Waals surface area (Å²) in [5.41, 5.74) is 1.31. The maximum atomic E-state index is 11.8. The second-order valence-corrected chi connectivity index (χ2v) is 5.28. The predicted molar refractivity (Wildman–Crippen MR) is 65.4 cm³/mol. The van der Waals surface area contributed by atoms with Gasteiger partial charge in [0.15, 0.2) is 0 Å². The molecule has 2 heteroatoms. The van der Waals surface area contributed by atoms with E-state index >= 15 is 0 Å². The van der Waals surface area contributed by atoms with Crippen molar-refractivity contribution in [2.24, 2.45) is 0 Å². The number of benzene rings is 1. The van der Waals surface area contributed by atoms with E-state index in [0.29, 0.717) is 18.1 Å². The van der Waals surface area contributed by atoms with Crippen LogP contribution in [0.1, 0.15) is 37.2 Å². The van der Waals surface area contributed by atoms with Crippen LogP contribution >= 0.6 is 15.9 Å². The molecule has 2 atom stereocenters. The van der Waals surface area contributed by atoms with E-state index in [1.807, 2.05) is 6.07 Å². The Hall–Kier alpha value is -0.630. The molecule has 1 fully saturated rings. The maximum Gasteiger partial charge on any atom is 0.147 e. The average molecular weight is 267 g/mol. The van der Waals surface area contributed by atoms with Crippen molar-refractivity contribution in [2.45, 2.75) is 36.4 Å². The van der Waals surface area contributed by atoms with Gasteiger partial charge in [0.25, 0.3) is 0 Å². The first-order valence-corrected chi connectivity index (χ1v) is 6.40. The molecular weight excluding hydrogens is 252 g/mol. The Kier molecular flexibility index (Phi) is 3.57. The van der Waals surface area contributed by atoms with Crippen LogP contribution in [0.3, 0.4) is 0 Å². The fourth-order valence-electron chi connectivity index (χ4n) is 2.19. The van der Waals surface area contributed by atoms with Gasteiger partial charge in [-0.25, -0.2) is 0 Å². The zero-order valence-corrected chi connectivity index (χ0v) is 10.2. The van der Waals surface area contributed by atoms with E-state index in [4.69, 9.17) is 0 Å². The fraction of sp³-hybridized carbons (Fsp3) is 0.462. The van der Waals surface area contributed by atoms with Gasteiger partial charge in [0.1, 0.15) is 5.78 Å². The standard InChI is InChI=1S/C13H15BrO/c14-12-8-4-7-11(9-13(12)15)10-5-2-1-3-6-10/h1-3,5-6,11-12H,4,7-9H2. The van der Waals surface area contributed by atoms with Gasteiger partial charge in [0, 0.05) is 6.42 Å². The zero-order valence-electron chi connectivity index (χ0n) is 8.66. The van der Waals surface area contributed by atoms with Crippen LogP contribution in [-0.4, -0.2) is 10.6 Å². The monoisotopic (exact) mass is 266 g/mol. The first kappa shape index (κ1) is 10.9. The Balaban J connectivity index is 2.13. The normalized spacial score (nSPS) is 27.4. The Morgan fingerprint density at radius 2 is 1.87 bits per heavy atom. The highest BCUT2D eigenvalue weighted by atomic mass is 79.9. The summed E-state index contributed by atoms with van der Waals surface area (Å²) in [5.74, 6) is 0.794. The molecule has 1 aliphatic rings. The molecule has 1 nitrogen and oxygen atoms in total. The second-order valence-electron chi connectivity index (χ2n) is 4.18. The van der Waals surface area contributed by atoms with Crippen LogP contribution < -0.4 is 0 Å².